The van der Waals surface area contributed by atoms with Gasteiger partial charge in [-0.05, 0) is 26.0 Å². The van der Waals surface area contributed by atoms with Gasteiger partial charge in [-0.15, -0.1) is 0 Å². The van der Waals surface area contributed by atoms with Gasteiger partial charge in [0.05, 0.1) is 24.4 Å². The molecule has 0 bridgehead atoms. The predicted molar refractivity (Wildman–Crippen MR) is 76.0 cm³/mol. The Morgan fingerprint density at radius 2 is 2.20 bits per heavy atom. The first-order valence-electron chi connectivity index (χ1n) is 6.97. The van der Waals surface area contributed by atoms with Gasteiger partial charge in [0.2, 0.25) is 0 Å². The number of rotatable bonds is 1. The van der Waals surface area contributed by atoms with Crippen molar-refractivity contribution in [3.05, 3.63) is 24.3 Å². The van der Waals surface area contributed by atoms with Crippen LogP contribution in [0.2, 0.25) is 0 Å². The topological polar surface area (TPSA) is 50.8 Å². The van der Waals surface area contributed by atoms with E-state index in [9.17, 15) is 4.79 Å². The van der Waals surface area contributed by atoms with Crippen LogP contribution in [0.3, 0.4) is 0 Å². The van der Waals surface area contributed by atoms with E-state index in [-0.39, 0.29) is 11.5 Å². The summed E-state index contributed by atoms with van der Waals surface area (Å²) < 4.78 is 11.5. The molecule has 20 heavy (non-hydrogen) atoms. The van der Waals surface area contributed by atoms with E-state index in [2.05, 4.69) is 5.32 Å². The fraction of sp³-hybridized carbons (Fsp3) is 0.533. The standard InChI is InChI=1S/C15H20N2O3/c1-15(2)10-17(7-8-19-15)14(18)13-9-16-11-5-3-4-6-12(11)20-13/h3-6,13,16H,7-10H2,1-2H3. The molecule has 1 atom stereocenters. The highest BCUT2D eigenvalue weighted by molar-refractivity contribution is 5.83. The molecule has 2 aliphatic rings. The highest BCUT2D eigenvalue weighted by atomic mass is 16.5. The number of nitrogens with zero attached hydrogens (tertiary/aromatic N) is 1. The van der Waals surface area contributed by atoms with Gasteiger partial charge in [0.15, 0.2) is 6.10 Å². The molecule has 5 heteroatoms. The van der Waals surface area contributed by atoms with Crippen molar-refractivity contribution >= 4 is 11.6 Å². The molecule has 1 N–H and O–H groups in total. The zero-order chi connectivity index (χ0) is 14.2. The first kappa shape index (κ1) is 13.2. The summed E-state index contributed by atoms with van der Waals surface area (Å²) in [6, 6.07) is 7.69. The number of nitrogens with one attached hydrogen (secondary N) is 1. The Bertz CT molecular complexity index is 516. The first-order valence-corrected chi connectivity index (χ1v) is 6.97. The second kappa shape index (κ2) is 4.98. The summed E-state index contributed by atoms with van der Waals surface area (Å²) in [5.74, 6) is 0.771. The number of anilines is 1. The van der Waals surface area contributed by atoms with E-state index < -0.39 is 6.10 Å². The lowest BCUT2D eigenvalue weighted by Crippen LogP contribution is -2.55. The zero-order valence-corrected chi connectivity index (χ0v) is 11.9. The van der Waals surface area contributed by atoms with E-state index in [1.165, 1.54) is 0 Å². The van der Waals surface area contributed by atoms with Gasteiger partial charge in [-0.3, -0.25) is 4.79 Å². The molecule has 2 heterocycles. The third kappa shape index (κ3) is 2.58. The molecule has 1 aromatic carbocycles. The second-order valence-electron chi connectivity index (χ2n) is 5.85. The Labute approximate surface area is 118 Å². The van der Waals surface area contributed by atoms with Crippen molar-refractivity contribution in [2.45, 2.75) is 25.6 Å². The largest absolute Gasteiger partial charge is 0.477 e. The first-order chi connectivity index (χ1) is 9.55. The number of morpholine rings is 1. The quantitative estimate of drug-likeness (QED) is 0.844. The normalized spacial score (nSPS) is 24.3. The Hall–Kier alpha value is -1.75. The van der Waals surface area contributed by atoms with Gasteiger partial charge in [0.25, 0.3) is 5.91 Å². The van der Waals surface area contributed by atoms with E-state index >= 15 is 0 Å². The average molecular weight is 276 g/mol. The third-order valence-corrected chi connectivity index (χ3v) is 3.65. The maximum atomic E-state index is 12.6. The van der Waals surface area contributed by atoms with E-state index in [0.29, 0.717) is 26.2 Å². The third-order valence-electron chi connectivity index (χ3n) is 3.65. The van der Waals surface area contributed by atoms with Crippen LogP contribution in [-0.4, -0.2) is 48.8 Å². The van der Waals surface area contributed by atoms with Crippen LogP contribution in [0, 0.1) is 0 Å². The Balaban J connectivity index is 1.70. The van der Waals surface area contributed by atoms with E-state index in [0.717, 1.165) is 11.4 Å². The number of carbonyl (C=O) groups is 1. The van der Waals surface area contributed by atoms with Crippen molar-refractivity contribution in [1.82, 2.24) is 4.90 Å². The van der Waals surface area contributed by atoms with Crippen molar-refractivity contribution in [3.63, 3.8) is 0 Å². The maximum absolute atomic E-state index is 12.6. The molecule has 108 valence electrons. The highest BCUT2D eigenvalue weighted by Gasteiger charge is 2.35. The molecule has 3 rings (SSSR count). The van der Waals surface area contributed by atoms with E-state index in [1.54, 1.807) is 0 Å². The zero-order valence-electron chi connectivity index (χ0n) is 11.9. The monoisotopic (exact) mass is 276 g/mol. The lowest BCUT2D eigenvalue weighted by atomic mass is 10.1. The lowest BCUT2D eigenvalue weighted by molar-refractivity contribution is -0.152. The van der Waals surface area contributed by atoms with Gasteiger partial charge in [-0.25, -0.2) is 0 Å². The van der Waals surface area contributed by atoms with Gasteiger partial charge in [0.1, 0.15) is 5.75 Å². The second-order valence-corrected chi connectivity index (χ2v) is 5.85. The van der Waals surface area contributed by atoms with Crippen LogP contribution >= 0.6 is 0 Å². The average Bonchev–Trinajstić information content (AvgIpc) is 2.45. The van der Waals surface area contributed by atoms with Crippen LogP contribution in [0.1, 0.15) is 13.8 Å². The Kier molecular flexibility index (Phi) is 3.30. The molecule has 5 nitrogen and oxygen atoms in total. The number of ether oxygens (including phenoxy) is 2. The van der Waals surface area contributed by atoms with Crippen LogP contribution in [0.4, 0.5) is 5.69 Å². The maximum Gasteiger partial charge on any atom is 0.265 e. The molecule has 0 radical (unpaired) electrons. The van der Waals surface area contributed by atoms with Crippen molar-refractivity contribution in [1.29, 1.82) is 0 Å². The molecule has 0 spiro atoms. The Morgan fingerprint density at radius 3 is 3.00 bits per heavy atom. The van der Waals surface area contributed by atoms with Crippen LogP contribution in [0.5, 0.6) is 5.75 Å². The fourth-order valence-corrected chi connectivity index (χ4v) is 2.66. The summed E-state index contributed by atoms with van der Waals surface area (Å²) in [5, 5.41) is 3.25. The molecule has 0 saturated carbocycles. The summed E-state index contributed by atoms with van der Waals surface area (Å²) in [5.41, 5.74) is 0.660. The van der Waals surface area contributed by atoms with Crippen molar-refractivity contribution in [2.75, 3.05) is 31.6 Å². The summed E-state index contributed by atoms with van der Waals surface area (Å²) >= 11 is 0. The number of hydrogen-bond donors (Lipinski definition) is 1. The Morgan fingerprint density at radius 1 is 1.40 bits per heavy atom. The van der Waals surface area contributed by atoms with Gasteiger partial charge in [-0.1, -0.05) is 12.1 Å². The number of amides is 1. The highest BCUT2D eigenvalue weighted by Crippen LogP contribution is 2.29. The van der Waals surface area contributed by atoms with Gasteiger partial charge >= 0.3 is 0 Å². The minimum absolute atomic E-state index is 0.0309. The molecule has 1 saturated heterocycles. The molecule has 0 aromatic heterocycles. The molecule has 1 amide bonds. The van der Waals surface area contributed by atoms with Gasteiger partial charge < -0.3 is 19.7 Å². The van der Waals surface area contributed by atoms with Crippen molar-refractivity contribution in [3.8, 4) is 5.75 Å². The lowest BCUT2D eigenvalue weighted by Gasteiger charge is -2.40. The van der Waals surface area contributed by atoms with Gasteiger partial charge in [0, 0.05) is 13.1 Å². The number of carbonyl (C=O) groups excluding carboxylic acids is 1. The SMILES string of the molecule is CC1(C)CN(C(=O)C2CNc3ccccc3O2)CCO1. The van der Waals surface area contributed by atoms with E-state index in [1.807, 2.05) is 43.0 Å². The number of fused-ring (bicyclic) bond motifs is 1. The smallest absolute Gasteiger partial charge is 0.265 e. The molecular formula is C15H20N2O3. The van der Waals surface area contributed by atoms with E-state index in [4.69, 9.17) is 9.47 Å². The fourth-order valence-electron chi connectivity index (χ4n) is 2.66. The molecule has 1 aromatic rings. The summed E-state index contributed by atoms with van der Waals surface area (Å²) in [7, 11) is 0. The van der Waals surface area contributed by atoms with Crippen LogP contribution in [0.25, 0.3) is 0 Å². The summed E-state index contributed by atoms with van der Waals surface area (Å²) in [6.07, 6.45) is -0.459. The minimum Gasteiger partial charge on any atom is -0.477 e. The number of hydrogen-bond acceptors (Lipinski definition) is 4. The summed E-state index contributed by atoms with van der Waals surface area (Å²) in [6.45, 7) is 6.32. The summed E-state index contributed by atoms with van der Waals surface area (Å²) in [4.78, 5) is 14.4. The molecule has 1 unspecified atom stereocenters. The predicted octanol–water partition coefficient (Wildman–Crippen LogP) is 1.50. The minimum atomic E-state index is -0.459. The van der Waals surface area contributed by atoms with Crippen molar-refractivity contribution < 1.29 is 14.3 Å². The molecular weight excluding hydrogens is 256 g/mol. The van der Waals surface area contributed by atoms with Crippen molar-refractivity contribution in [2.24, 2.45) is 0 Å². The number of para-hydroxylation sites is 2. The molecule has 2 aliphatic heterocycles. The number of benzene rings is 1. The van der Waals surface area contributed by atoms with Crippen LogP contribution in [0.15, 0.2) is 24.3 Å². The molecule has 1 fully saturated rings. The molecule has 0 aliphatic carbocycles. The van der Waals surface area contributed by atoms with Crippen LogP contribution < -0.4 is 10.1 Å². The van der Waals surface area contributed by atoms with Gasteiger partial charge in [-0.2, -0.15) is 0 Å². The van der Waals surface area contributed by atoms with Crippen LogP contribution in [-0.2, 0) is 9.53 Å².